The lowest BCUT2D eigenvalue weighted by Crippen LogP contribution is -2.41. The van der Waals surface area contributed by atoms with E-state index in [9.17, 15) is 5.26 Å². The smallest absolute Gasteiger partial charge is 0.133 e. The molecule has 18 heavy (non-hydrogen) atoms. The topological polar surface area (TPSA) is 45.0 Å². The van der Waals surface area contributed by atoms with Crippen molar-refractivity contribution in [3.8, 4) is 11.8 Å². The van der Waals surface area contributed by atoms with Crippen LogP contribution >= 0.6 is 0 Å². The predicted octanol–water partition coefficient (Wildman–Crippen LogP) is 2.61. The third-order valence-electron chi connectivity index (χ3n) is 3.55. The largest absolute Gasteiger partial charge is 0.497 e. The minimum Gasteiger partial charge on any atom is -0.497 e. The Morgan fingerprint density at radius 1 is 1.50 bits per heavy atom. The van der Waals surface area contributed by atoms with Crippen LogP contribution in [0.2, 0.25) is 0 Å². The summed E-state index contributed by atoms with van der Waals surface area (Å²) in [7, 11) is 1.66. The predicted molar refractivity (Wildman–Crippen MR) is 71.4 cm³/mol. The van der Waals surface area contributed by atoms with Crippen LogP contribution in [0.4, 0.5) is 0 Å². The summed E-state index contributed by atoms with van der Waals surface area (Å²) in [5.74, 6) is 1.35. The van der Waals surface area contributed by atoms with E-state index in [1.165, 1.54) is 5.56 Å². The minimum absolute atomic E-state index is 0.532. The maximum absolute atomic E-state index is 9.59. The molecule has 0 aliphatic heterocycles. The first kappa shape index (κ1) is 12.9. The highest BCUT2D eigenvalue weighted by Gasteiger charge is 2.38. The van der Waals surface area contributed by atoms with Crippen molar-refractivity contribution in [1.29, 1.82) is 5.26 Å². The second kappa shape index (κ2) is 4.99. The average Bonchev–Trinajstić information content (AvgIpc) is 2.75. The summed E-state index contributed by atoms with van der Waals surface area (Å²) in [5, 5.41) is 13.0. The number of hydrogen-bond acceptors (Lipinski definition) is 3. The van der Waals surface area contributed by atoms with Crippen molar-refractivity contribution in [1.82, 2.24) is 5.32 Å². The Hall–Kier alpha value is -1.53. The molecule has 0 aromatic heterocycles. The Balaban J connectivity index is 2.34. The quantitative estimate of drug-likeness (QED) is 0.885. The SMILES string of the molecule is COc1ccc2c(c1)C(C#N)(NCC(C)C)CC2. The first-order valence-corrected chi connectivity index (χ1v) is 6.45. The van der Waals surface area contributed by atoms with Crippen LogP contribution in [0.1, 0.15) is 31.4 Å². The summed E-state index contributed by atoms with van der Waals surface area (Å²) >= 11 is 0. The molecule has 1 aliphatic rings. The molecule has 1 atom stereocenters. The van der Waals surface area contributed by atoms with Crippen LogP contribution in [0.3, 0.4) is 0 Å². The van der Waals surface area contributed by atoms with E-state index in [1.54, 1.807) is 7.11 Å². The normalized spacial score (nSPS) is 21.7. The monoisotopic (exact) mass is 244 g/mol. The maximum Gasteiger partial charge on any atom is 0.133 e. The molecule has 0 saturated carbocycles. The molecule has 0 fully saturated rings. The Kier molecular flexibility index (Phi) is 3.58. The third kappa shape index (κ3) is 2.21. The van der Waals surface area contributed by atoms with E-state index in [2.05, 4.69) is 31.3 Å². The third-order valence-corrected chi connectivity index (χ3v) is 3.55. The number of nitrogens with zero attached hydrogens (tertiary/aromatic N) is 1. The highest BCUT2D eigenvalue weighted by atomic mass is 16.5. The van der Waals surface area contributed by atoms with E-state index in [0.29, 0.717) is 5.92 Å². The second-order valence-electron chi connectivity index (χ2n) is 5.31. The Labute approximate surface area is 109 Å². The van der Waals surface area contributed by atoms with Gasteiger partial charge in [0, 0.05) is 0 Å². The summed E-state index contributed by atoms with van der Waals surface area (Å²) in [6.07, 6.45) is 1.80. The van der Waals surface area contributed by atoms with E-state index in [1.807, 2.05) is 12.1 Å². The molecule has 1 N–H and O–H groups in total. The number of fused-ring (bicyclic) bond motifs is 1. The van der Waals surface area contributed by atoms with Gasteiger partial charge in [0.25, 0.3) is 0 Å². The standard InChI is InChI=1S/C15H20N2O/c1-11(2)9-17-15(10-16)7-6-12-4-5-13(18-3)8-14(12)15/h4-5,8,11,17H,6-7,9H2,1-3H3. The van der Waals surface area contributed by atoms with E-state index < -0.39 is 5.54 Å². The molecule has 3 nitrogen and oxygen atoms in total. The summed E-state index contributed by atoms with van der Waals surface area (Å²) in [6.45, 7) is 5.16. The molecule has 0 radical (unpaired) electrons. The molecule has 0 amide bonds. The first-order valence-electron chi connectivity index (χ1n) is 6.45. The van der Waals surface area contributed by atoms with Crippen molar-refractivity contribution < 1.29 is 4.74 Å². The molecule has 1 aliphatic carbocycles. The molecule has 1 aromatic carbocycles. The molecular formula is C15H20N2O. The molecule has 0 saturated heterocycles. The van der Waals surface area contributed by atoms with Crippen molar-refractivity contribution in [3.05, 3.63) is 29.3 Å². The van der Waals surface area contributed by atoms with Gasteiger partial charge in [0.2, 0.25) is 0 Å². The van der Waals surface area contributed by atoms with E-state index in [4.69, 9.17) is 4.74 Å². The molecule has 1 aromatic rings. The van der Waals surface area contributed by atoms with Gasteiger partial charge < -0.3 is 4.74 Å². The second-order valence-corrected chi connectivity index (χ2v) is 5.31. The number of hydrogen-bond donors (Lipinski definition) is 1. The first-order chi connectivity index (χ1) is 8.61. The van der Waals surface area contributed by atoms with Gasteiger partial charge >= 0.3 is 0 Å². The lowest BCUT2D eigenvalue weighted by molar-refractivity contribution is 0.387. The van der Waals surface area contributed by atoms with Gasteiger partial charge in [-0.3, -0.25) is 5.32 Å². The number of nitriles is 1. The molecule has 0 spiro atoms. The molecule has 2 rings (SSSR count). The van der Waals surface area contributed by atoms with Crippen molar-refractivity contribution in [3.63, 3.8) is 0 Å². The number of nitrogens with one attached hydrogen (secondary N) is 1. The van der Waals surface area contributed by atoms with Crippen LogP contribution in [-0.2, 0) is 12.0 Å². The lowest BCUT2D eigenvalue weighted by atomic mass is 9.92. The van der Waals surface area contributed by atoms with Gasteiger partial charge in [0.05, 0.1) is 13.2 Å². The van der Waals surface area contributed by atoms with Gasteiger partial charge in [0.1, 0.15) is 11.3 Å². The lowest BCUT2D eigenvalue weighted by Gasteiger charge is -2.25. The van der Waals surface area contributed by atoms with Crippen molar-refractivity contribution in [2.75, 3.05) is 13.7 Å². The summed E-state index contributed by atoms with van der Waals surface area (Å²) in [5.41, 5.74) is 1.81. The Morgan fingerprint density at radius 2 is 2.28 bits per heavy atom. The summed E-state index contributed by atoms with van der Waals surface area (Å²) in [4.78, 5) is 0. The fourth-order valence-corrected chi connectivity index (χ4v) is 2.47. The zero-order chi connectivity index (χ0) is 13.2. The Morgan fingerprint density at radius 3 is 2.89 bits per heavy atom. The van der Waals surface area contributed by atoms with Gasteiger partial charge in [0.15, 0.2) is 0 Å². The number of benzene rings is 1. The molecule has 0 heterocycles. The van der Waals surface area contributed by atoms with Crippen LogP contribution in [0, 0.1) is 17.2 Å². The number of methoxy groups -OCH3 is 1. The van der Waals surface area contributed by atoms with E-state index >= 15 is 0 Å². The van der Waals surface area contributed by atoms with Crippen molar-refractivity contribution >= 4 is 0 Å². The molecule has 3 heteroatoms. The van der Waals surface area contributed by atoms with Crippen LogP contribution < -0.4 is 10.1 Å². The van der Waals surface area contributed by atoms with Gasteiger partial charge in [-0.05, 0) is 48.6 Å². The fraction of sp³-hybridized carbons (Fsp3) is 0.533. The molecule has 1 unspecified atom stereocenters. The highest BCUT2D eigenvalue weighted by molar-refractivity contribution is 5.47. The zero-order valence-corrected chi connectivity index (χ0v) is 11.3. The molecular weight excluding hydrogens is 224 g/mol. The van der Waals surface area contributed by atoms with Gasteiger partial charge in [-0.25, -0.2) is 0 Å². The zero-order valence-electron chi connectivity index (χ0n) is 11.3. The van der Waals surface area contributed by atoms with Crippen molar-refractivity contribution in [2.24, 2.45) is 5.92 Å². The number of rotatable bonds is 4. The van der Waals surface area contributed by atoms with Crippen molar-refractivity contribution in [2.45, 2.75) is 32.2 Å². The van der Waals surface area contributed by atoms with E-state index in [0.717, 1.165) is 30.7 Å². The van der Waals surface area contributed by atoms with Crippen LogP contribution in [0.25, 0.3) is 0 Å². The average molecular weight is 244 g/mol. The van der Waals surface area contributed by atoms with Crippen LogP contribution in [0.5, 0.6) is 5.75 Å². The fourth-order valence-electron chi connectivity index (χ4n) is 2.47. The number of ether oxygens (including phenoxy) is 1. The minimum atomic E-state index is -0.534. The number of aryl methyl sites for hydroxylation is 1. The van der Waals surface area contributed by atoms with Gasteiger partial charge in [-0.1, -0.05) is 19.9 Å². The van der Waals surface area contributed by atoms with Crippen LogP contribution in [-0.4, -0.2) is 13.7 Å². The highest BCUT2D eigenvalue weighted by Crippen LogP contribution is 2.38. The summed E-state index contributed by atoms with van der Waals surface area (Å²) < 4.78 is 5.27. The van der Waals surface area contributed by atoms with Gasteiger partial charge in [-0.15, -0.1) is 0 Å². The molecule has 0 bridgehead atoms. The van der Waals surface area contributed by atoms with Gasteiger partial charge in [-0.2, -0.15) is 5.26 Å². The molecule has 96 valence electrons. The maximum atomic E-state index is 9.59. The Bertz CT molecular complexity index is 476. The van der Waals surface area contributed by atoms with Crippen LogP contribution in [0.15, 0.2) is 18.2 Å². The summed E-state index contributed by atoms with van der Waals surface area (Å²) in [6, 6.07) is 8.51. The van der Waals surface area contributed by atoms with E-state index in [-0.39, 0.29) is 0 Å².